The zero-order chi connectivity index (χ0) is 15.5. The van der Waals surface area contributed by atoms with E-state index in [1.54, 1.807) is 4.90 Å². The molecule has 2 heterocycles. The summed E-state index contributed by atoms with van der Waals surface area (Å²) in [7, 11) is 1.81. The summed E-state index contributed by atoms with van der Waals surface area (Å²) in [4.78, 5) is 25.9. The number of fused-ring (bicyclic) bond motifs is 1. The fraction of sp³-hybridized carbons (Fsp3) is 0.529. The van der Waals surface area contributed by atoms with Gasteiger partial charge in [0.05, 0.1) is 0 Å². The van der Waals surface area contributed by atoms with Crippen LogP contribution in [0, 0.1) is 5.92 Å². The maximum absolute atomic E-state index is 12.2. The highest BCUT2D eigenvalue weighted by molar-refractivity contribution is 5.99. The highest BCUT2D eigenvalue weighted by Crippen LogP contribution is 2.22. The van der Waals surface area contributed by atoms with Crippen LogP contribution in [0.3, 0.4) is 0 Å². The van der Waals surface area contributed by atoms with Gasteiger partial charge in [0.15, 0.2) is 0 Å². The molecule has 1 aromatic carbocycles. The number of carbonyl (C=O) groups excluding carboxylic acids is 2. The SMILES string of the molecule is CN1CCc2ccc(NC(=O)CCC3CCNC3)cc2C1=O.Cl. The van der Waals surface area contributed by atoms with Gasteiger partial charge in [-0.05, 0) is 56.0 Å². The summed E-state index contributed by atoms with van der Waals surface area (Å²) in [6, 6.07) is 5.66. The van der Waals surface area contributed by atoms with Gasteiger partial charge in [-0.3, -0.25) is 9.59 Å². The van der Waals surface area contributed by atoms with Crippen molar-refractivity contribution in [2.24, 2.45) is 5.92 Å². The summed E-state index contributed by atoms with van der Waals surface area (Å²) in [5, 5.41) is 6.24. The first kappa shape index (κ1) is 17.8. The van der Waals surface area contributed by atoms with Gasteiger partial charge in [-0.2, -0.15) is 0 Å². The molecule has 2 aliphatic heterocycles. The number of benzene rings is 1. The van der Waals surface area contributed by atoms with Crippen LogP contribution in [-0.4, -0.2) is 43.4 Å². The zero-order valence-corrected chi connectivity index (χ0v) is 14.2. The standard InChI is InChI=1S/C17H23N3O2.ClH/c1-20-9-7-13-3-4-14(10-15(13)17(20)22)19-16(21)5-2-12-6-8-18-11-12;/h3-4,10,12,18H,2,5-9,11H2,1H3,(H,19,21);1H. The van der Waals surface area contributed by atoms with Crippen molar-refractivity contribution in [1.29, 1.82) is 0 Å². The van der Waals surface area contributed by atoms with Gasteiger partial charge in [0.2, 0.25) is 5.91 Å². The Labute approximate surface area is 143 Å². The van der Waals surface area contributed by atoms with Crippen molar-refractivity contribution < 1.29 is 9.59 Å². The zero-order valence-electron chi connectivity index (χ0n) is 13.4. The lowest BCUT2D eigenvalue weighted by atomic mass is 9.98. The molecule has 0 aromatic heterocycles. The number of hydrogen-bond acceptors (Lipinski definition) is 3. The van der Waals surface area contributed by atoms with Gasteiger partial charge >= 0.3 is 0 Å². The van der Waals surface area contributed by atoms with Crippen molar-refractivity contribution in [2.45, 2.75) is 25.7 Å². The minimum absolute atomic E-state index is 0. The molecule has 6 heteroatoms. The Kier molecular flexibility index (Phi) is 6.02. The third-order valence-corrected chi connectivity index (χ3v) is 4.63. The Hall–Kier alpha value is -1.59. The topological polar surface area (TPSA) is 61.4 Å². The molecule has 2 N–H and O–H groups in total. The number of carbonyl (C=O) groups is 2. The van der Waals surface area contributed by atoms with E-state index in [1.807, 2.05) is 25.2 Å². The fourth-order valence-electron chi connectivity index (χ4n) is 3.19. The van der Waals surface area contributed by atoms with Gasteiger partial charge in [0, 0.05) is 31.3 Å². The molecule has 126 valence electrons. The molecule has 0 radical (unpaired) electrons. The van der Waals surface area contributed by atoms with Crippen LogP contribution < -0.4 is 10.6 Å². The quantitative estimate of drug-likeness (QED) is 0.884. The summed E-state index contributed by atoms with van der Waals surface area (Å²) in [5.74, 6) is 0.683. The molecule has 1 saturated heterocycles. The molecule has 0 aliphatic carbocycles. The van der Waals surface area contributed by atoms with Gasteiger partial charge < -0.3 is 15.5 Å². The van der Waals surface area contributed by atoms with Gasteiger partial charge in [-0.15, -0.1) is 12.4 Å². The van der Waals surface area contributed by atoms with Crippen LogP contribution in [0.2, 0.25) is 0 Å². The van der Waals surface area contributed by atoms with E-state index in [0.717, 1.165) is 50.1 Å². The average Bonchev–Trinajstić information content (AvgIpc) is 3.03. The number of halogens is 1. The first-order valence-electron chi connectivity index (χ1n) is 8.02. The van der Waals surface area contributed by atoms with Crippen LogP contribution in [0.4, 0.5) is 5.69 Å². The summed E-state index contributed by atoms with van der Waals surface area (Å²) >= 11 is 0. The Balaban J connectivity index is 0.00000192. The lowest BCUT2D eigenvalue weighted by molar-refractivity contribution is -0.116. The normalized spacial score (nSPS) is 20.0. The van der Waals surface area contributed by atoms with Crippen LogP contribution >= 0.6 is 12.4 Å². The second kappa shape index (κ2) is 7.79. The van der Waals surface area contributed by atoms with Crippen molar-refractivity contribution in [3.05, 3.63) is 29.3 Å². The van der Waals surface area contributed by atoms with E-state index in [9.17, 15) is 9.59 Å². The molecule has 3 rings (SSSR count). The molecule has 0 saturated carbocycles. The number of anilines is 1. The highest BCUT2D eigenvalue weighted by Gasteiger charge is 2.22. The Bertz CT molecular complexity index is 585. The predicted octanol–water partition coefficient (Wildman–Crippen LogP) is 2.06. The Morgan fingerprint density at radius 1 is 1.43 bits per heavy atom. The minimum atomic E-state index is 0. The van der Waals surface area contributed by atoms with E-state index in [-0.39, 0.29) is 24.2 Å². The second-order valence-electron chi connectivity index (χ2n) is 6.29. The van der Waals surface area contributed by atoms with Crippen LogP contribution in [0.5, 0.6) is 0 Å². The van der Waals surface area contributed by atoms with Crippen LogP contribution in [-0.2, 0) is 11.2 Å². The van der Waals surface area contributed by atoms with Crippen molar-refractivity contribution in [3.8, 4) is 0 Å². The van der Waals surface area contributed by atoms with Gasteiger partial charge in [-0.25, -0.2) is 0 Å². The van der Waals surface area contributed by atoms with E-state index in [1.165, 1.54) is 0 Å². The lowest BCUT2D eigenvalue weighted by Gasteiger charge is -2.25. The molecule has 5 nitrogen and oxygen atoms in total. The highest BCUT2D eigenvalue weighted by atomic mass is 35.5. The molecule has 2 amide bonds. The van der Waals surface area contributed by atoms with Gasteiger partial charge in [0.1, 0.15) is 0 Å². The first-order chi connectivity index (χ1) is 10.6. The fourth-order valence-corrected chi connectivity index (χ4v) is 3.19. The van der Waals surface area contributed by atoms with E-state index in [2.05, 4.69) is 10.6 Å². The molecule has 2 aliphatic rings. The first-order valence-corrected chi connectivity index (χ1v) is 8.02. The summed E-state index contributed by atoms with van der Waals surface area (Å²) < 4.78 is 0. The number of rotatable bonds is 4. The third kappa shape index (κ3) is 4.24. The molecular weight excluding hydrogens is 314 g/mol. The predicted molar refractivity (Wildman–Crippen MR) is 93.2 cm³/mol. The number of nitrogens with one attached hydrogen (secondary N) is 2. The Morgan fingerprint density at radius 3 is 3.00 bits per heavy atom. The molecule has 1 unspecified atom stereocenters. The number of hydrogen-bond donors (Lipinski definition) is 2. The summed E-state index contributed by atoms with van der Waals surface area (Å²) in [6.07, 6.45) is 3.50. The summed E-state index contributed by atoms with van der Waals surface area (Å²) in [6.45, 7) is 2.84. The second-order valence-corrected chi connectivity index (χ2v) is 6.29. The number of amides is 2. The van der Waals surface area contributed by atoms with Crippen LogP contribution in [0.25, 0.3) is 0 Å². The molecule has 1 atom stereocenters. The van der Waals surface area contributed by atoms with E-state index >= 15 is 0 Å². The smallest absolute Gasteiger partial charge is 0.253 e. The van der Waals surface area contributed by atoms with Gasteiger partial charge in [-0.1, -0.05) is 6.07 Å². The van der Waals surface area contributed by atoms with Gasteiger partial charge in [0.25, 0.3) is 5.91 Å². The largest absolute Gasteiger partial charge is 0.341 e. The van der Waals surface area contributed by atoms with Crippen LogP contribution in [0.15, 0.2) is 18.2 Å². The van der Waals surface area contributed by atoms with Crippen molar-refractivity contribution in [2.75, 3.05) is 32.0 Å². The summed E-state index contributed by atoms with van der Waals surface area (Å²) in [5.41, 5.74) is 2.50. The van der Waals surface area contributed by atoms with Crippen LogP contribution in [0.1, 0.15) is 35.2 Å². The maximum atomic E-state index is 12.2. The number of likely N-dealkylation sites (N-methyl/N-ethyl adjacent to an activating group) is 1. The van der Waals surface area contributed by atoms with E-state index in [4.69, 9.17) is 0 Å². The van der Waals surface area contributed by atoms with Crippen molar-refractivity contribution in [3.63, 3.8) is 0 Å². The molecule has 23 heavy (non-hydrogen) atoms. The van der Waals surface area contributed by atoms with E-state index in [0.29, 0.717) is 17.9 Å². The van der Waals surface area contributed by atoms with Crippen molar-refractivity contribution >= 4 is 29.9 Å². The average molecular weight is 338 g/mol. The molecule has 0 bridgehead atoms. The number of nitrogens with zero attached hydrogens (tertiary/aromatic N) is 1. The molecule has 1 fully saturated rings. The van der Waals surface area contributed by atoms with E-state index < -0.39 is 0 Å². The Morgan fingerprint density at radius 2 is 2.26 bits per heavy atom. The minimum Gasteiger partial charge on any atom is -0.341 e. The lowest BCUT2D eigenvalue weighted by Crippen LogP contribution is -2.34. The monoisotopic (exact) mass is 337 g/mol. The molecule has 1 aromatic rings. The molecular formula is C17H24ClN3O2. The third-order valence-electron chi connectivity index (χ3n) is 4.63. The maximum Gasteiger partial charge on any atom is 0.253 e. The molecule has 0 spiro atoms. The van der Waals surface area contributed by atoms with Crippen molar-refractivity contribution in [1.82, 2.24) is 10.2 Å².